The Bertz CT molecular complexity index is 1040. The first kappa shape index (κ1) is 23.8. The summed E-state index contributed by atoms with van der Waals surface area (Å²) < 4.78 is 5.65. The third-order valence-corrected chi connectivity index (χ3v) is 7.33. The van der Waals surface area contributed by atoms with Crippen LogP contribution in [0.3, 0.4) is 0 Å². The molecule has 2 aromatic carbocycles. The number of benzene rings is 2. The zero-order valence-corrected chi connectivity index (χ0v) is 19.7. The van der Waals surface area contributed by atoms with Gasteiger partial charge in [0.15, 0.2) is 0 Å². The van der Waals surface area contributed by atoms with Gasteiger partial charge in [0.05, 0.1) is 5.92 Å². The van der Waals surface area contributed by atoms with Crippen LogP contribution in [0, 0.1) is 5.92 Å². The molecule has 0 heterocycles. The lowest BCUT2D eigenvalue weighted by Gasteiger charge is -2.34. The van der Waals surface area contributed by atoms with Crippen molar-refractivity contribution >= 4 is 18.0 Å². The minimum Gasteiger partial charge on any atom is -0.480 e. The third kappa shape index (κ3) is 4.65. The summed E-state index contributed by atoms with van der Waals surface area (Å²) in [6.45, 7) is 3.43. The lowest BCUT2D eigenvalue weighted by molar-refractivity contribution is -0.148. The minimum atomic E-state index is -1.33. The van der Waals surface area contributed by atoms with Crippen molar-refractivity contribution in [3.63, 3.8) is 0 Å². The summed E-state index contributed by atoms with van der Waals surface area (Å²) in [6.07, 6.45) is 2.71. The molecule has 180 valence electrons. The SMILES string of the molecule is CCC(C)(NC(=O)[C@H]1CCCC[C@H]1NC(=O)OCC1c2ccccc2-c2ccccc21)C(=O)O. The Morgan fingerprint density at radius 1 is 1.00 bits per heavy atom. The maximum atomic E-state index is 12.9. The zero-order chi connectivity index (χ0) is 24.3. The van der Waals surface area contributed by atoms with Crippen molar-refractivity contribution in [1.82, 2.24) is 10.6 Å². The molecule has 0 radical (unpaired) electrons. The highest BCUT2D eigenvalue weighted by molar-refractivity contribution is 5.88. The fraction of sp³-hybridized carbons (Fsp3) is 0.444. The van der Waals surface area contributed by atoms with Gasteiger partial charge in [-0.2, -0.15) is 0 Å². The van der Waals surface area contributed by atoms with Crippen LogP contribution in [0.1, 0.15) is 63.0 Å². The third-order valence-electron chi connectivity index (χ3n) is 7.33. The molecule has 3 N–H and O–H groups in total. The second-order valence-corrected chi connectivity index (χ2v) is 9.45. The zero-order valence-electron chi connectivity index (χ0n) is 19.7. The second-order valence-electron chi connectivity index (χ2n) is 9.45. The Labute approximate surface area is 199 Å². The van der Waals surface area contributed by atoms with E-state index in [0.717, 1.165) is 35.1 Å². The molecule has 0 aromatic heterocycles. The average molecular weight is 465 g/mol. The second kappa shape index (κ2) is 9.87. The number of carboxylic acids is 1. The fourth-order valence-electron chi connectivity index (χ4n) is 5.07. The standard InChI is InChI=1S/C27H32N2O5/c1-3-27(2,25(31)32)29-24(30)21-14-8-9-15-23(21)28-26(33)34-16-22-19-12-6-4-10-17(19)18-11-5-7-13-20(18)22/h4-7,10-13,21-23H,3,8-9,14-16H2,1-2H3,(H,28,33)(H,29,30)(H,31,32)/t21-,23+,27?/m0/s1. The molecule has 0 spiro atoms. The van der Waals surface area contributed by atoms with E-state index in [-0.39, 0.29) is 30.9 Å². The van der Waals surface area contributed by atoms with E-state index < -0.39 is 23.5 Å². The van der Waals surface area contributed by atoms with E-state index in [2.05, 4.69) is 34.9 Å². The largest absolute Gasteiger partial charge is 0.480 e. The number of nitrogens with one attached hydrogen (secondary N) is 2. The highest BCUT2D eigenvalue weighted by Gasteiger charge is 2.39. The average Bonchev–Trinajstić information content (AvgIpc) is 3.16. The van der Waals surface area contributed by atoms with Crippen molar-refractivity contribution in [2.24, 2.45) is 5.92 Å². The molecule has 0 aliphatic heterocycles. The van der Waals surface area contributed by atoms with Crippen LogP contribution in [-0.4, -0.2) is 41.3 Å². The molecule has 3 atom stereocenters. The first-order chi connectivity index (χ1) is 16.3. The number of hydrogen-bond donors (Lipinski definition) is 3. The number of fused-ring (bicyclic) bond motifs is 3. The number of hydrogen-bond acceptors (Lipinski definition) is 4. The summed E-state index contributed by atoms with van der Waals surface area (Å²) in [6, 6.07) is 15.9. The van der Waals surface area contributed by atoms with Crippen molar-refractivity contribution in [3.8, 4) is 11.1 Å². The Hall–Kier alpha value is -3.35. The highest BCUT2D eigenvalue weighted by Crippen LogP contribution is 2.44. The lowest BCUT2D eigenvalue weighted by atomic mass is 9.83. The van der Waals surface area contributed by atoms with Gasteiger partial charge >= 0.3 is 12.1 Å². The molecule has 1 unspecified atom stereocenters. The summed E-state index contributed by atoms with van der Waals surface area (Å²) in [7, 11) is 0. The van der Waals surface area contributed by atoms with Crippen LogP contribution >= 0.6 is 0 Å². The van der Waals surface area contributed by atoms with Crippen LogP contribution in [0.4, 0.5) is 4.79 Å². The van der Waals surface area contributed by atoms with Crippen LogP contribution < -0.4 is 10.6 Å². The van der Waals surface area contributed by atoms with Crippen molar-refractivity contribution < 1.29 is 24.2 Å². The van der Waals surface area contributed by atoms with Gasteiger partial charge in [-0.05, 0) is 48.4 Å². The van der Waals surface area contributed by atoms with E-state index in [0.29, 0.717) is 12.8 Å². The molecule has 1 saturated carbocycles. The summed E-state index contributed by atoms with van der Waals surface area (Å²) in [5, 5.41) is 15.1. The van der Waals surface area contributed by atoms with E-state index in [1.165, 1.54) is 6.92 Å². The molecular weight excluding hydrogens is 432 g/mol. The van der Waals surface area contributed by atoms with Crippen molar-refractivity contribution in [2.45, 2.75) is 63.5 Å². The number of carboxylic acid groups (broad SMARTS) is 1. The van der Waals surface area contributed by atoms with Gasteiger partial charge in [-0.1, -0.05) is 68.3 Å². The summed E-state index contributed by atoms with van der Waals surface area (Å²) in [4.78, 5) is 37.3. The smallest absolute Gasteiger partial charge is 0.407 e. The first-order valence-electron chi connectivity index (χ1n) is 12.0. The van der Waals surface area contributed by atoms with E-state index in [9.17, 15) is 19.5 Å². The number of amides is 2. The summed E-state index contributed by atoms with van der Waals surface area (Å²) in [5.41, 5.74) is 3.27. The van der Waals surface area contributed by atoms with Crippen LogP contribution in [0.25, 0.3) is 11.1 Å². The van der Waals surface area contributed by atoms with Gasteiger partial charge in [0.1, 0.15) is 12.1 Å². The fourth-order valence-corrected chi connectivity index (χ4v) is 5.07. The Morgan fingerprint density at radius 2 is 1.59 bits per heavy atom. The predicted octanol–water partition coefficient (Wildman–Crippen LogP) is 4.45. The number of rotatable bonds is 7. The molecule has 2 aliphatic rings. The highest BCUT2D eigenvalue weighted by atomic mass is 16.5. The van der Waals surface area contributed by atoms with Gasteiger partial charge in [-0.25, -0.2) is 9.59 Å². The quantitative estimate of drug-likeness (QED) is 0.561. The molecular formula is C27H32N2O5. The Morgan fingerprint density at radius 3 is 2.18 bits per heavy atom. The van der Waals surface area contributed by atoms with Gasteiger partial charge in [0.25, 0.3) is 0 Å². The van der Waals surface area contributed by atoms with Crippen LogP contribution in [-0.2, 0) is 14.3 Å². The molecule has 1 fully saturated rings. The Kier molecular flexibility index (Phi) is 6.91. The lowest BCUT2D eigenvalue weighted by Crippen LogP contribution is -2.57. The van der Waals surface area contributed by atoms with E-state index in [4.69, 9.17) is 4.74 Å². The predicted molar refractivity (Wildman–Crippen MR) is 128 cm³/mol. The molecule has 4 rings (SSSR count). The Balaban J connectivity index is 1.40. The summed E-state index contributed by atoms with van der Waals surface area (Å²) >= 11 is 0. The van der Waals surface area contributed by atoms with Crippen molar-refractivity contribution in [1.29, 1.82) is 0 Å². The van der Waals surface area contributed by atoms with Crippen LogP contribution in [0.5, 0.6) is 0 Å². The normalized spacial score (nSPS) is 21.0. The van der Waals surface area contributed by atoms with E-state index in [1.54, 1.807) is 6.92 Å². The molecule has 0 bridgehead atoms. The number of alkyl carbamates (subject to hydrolysis) is 1. The van der Waals surface area contributed by atoms with Gasteiger partial charge in [-0.3, -0.25) is 4.79 Å². The van der Waals surface area contributed by atoms with Crippen LogP contribution in [0.2, 0.25) is 0 Å². The van der Waals surface area contributed by atoms with Crippen molar-refractivity contribution in [3.05, 3.63) is 59.7 Å². The van der Waals surface area contributed by atoms with Gasteiger partial charge in [0.2, 0.25) is 5.91 Å². The maximum Gasteiger partial charge on any atom is 0.407 e. The number of carbonyl (C=O) groups is 3. The topological polar surface area (TPSA) is 105 Å². The molecule has 2 aliphatic carbocycles. The number of aliphatic carboxylic acids is 1. The number of carbonyl (C=O) groups excluding carboxylic acids is 2. The van der Waals surface area contributed by atoms with Crippen molar-refractivity contribution in [2.75, 3.05) is 6.61 Å². The molecule has 7 nitrogen and oxygen atoms in total. The summed E-state index contributed by atoms with van der Waals surface area (Å²) in [5.74, 6) is -1.93. The van der Waals surface area contributed by atoms with Gasteiger partial charge in [0, 0.05) is 12.0 Å². The van der Waals surface area contributed by atoms with Gasteiger partial charge < -0.3 is 20.5 Å². The molecule has 7 heteroatoms. The maximum absolute atomic E-state index is 12.9. The van der Waals surface area contributed by atoms with Gasteiger partial charge in [-0.15, -0.1) is 0 Å². The number of ether oxygens (including phenoxy) is 1. The molecule has 34 heavy (non-hydrogen) atoms. The van der Waals surface area contributed by atoms with E-state index in [1.807, 2.05) is 24.3 Å². The first-order valence-corrected chi connectivity index (χ1v) is 12.0. The monoisotopic (exact) mass is 464 g/mol. The van der Waals surface area contributed by atoms with Crippen LogP contribution in [0.15, 0.2) is 48.5 Å². The van der Waals surface area contributed by atoms with E-state index >= 15 is 0 Å². The minimum absolute atomic E-state index is 0.0376. The molecule has 0 saturated heterocycles. The molecule has 2 amide bonds. The molecule has 2 aromatic rings.